The number of aryl methyl sites for hydroxylation is 2. The minimum Gasteiger partial charge on any atom is -0.494 e. The van der Waals surface area contributed by atoms with Crippen molar-refractivity contribution in [2.24, 2.45) is 0 Å². The first-order valence-electron chi connectivity index (χ1n) is 11.7. The number of pyridine rings is 1. The van der Waals surface area contributed by atoms with Crippen LogP contribution in [0.1, 0.15) is 24.6 Å². The van der Waals surface area contributed by atoms with E-state index in [0.29, 0.717) is 32.6 Å². The number of methoxy groups -OCH3 is 1. The van der Waals surface area contributed by atoms with Crippen molar-refractivity contribution in [3.8, 4) is 28.1 Å². The van der Waals surface area contributed by atoms with Crippen LogP contribution in [0.15, 0.2) is 66.9 Å². The number of fused-ring (bicyclic) bond motifs is 1. The zero-order valence-electron chi connectivity index (χ0n) is 20.0. The number of carbonyl (C=O) groups excluding carboxylic acids is 1. The van der Waals surface area contributed by atoms with Gasteiger partial charge in [0.25, 0.3) is 0 Å². The number of ether oxygens (including phenoxy) is 2. The summed E-state index contributed by atoms with van der Waals surface area (Å²) < 4.78 is 12.8. The fourth-order valence-electron chi connectivity index (χ4n) is 3.99. The van der Waals surface area contributed by atoms with E-state index in [4.69, 9.17) is 14.5 Å². The lowest BCUT2D eigenvalue weighted by atomic mass is 10.1. The Balaban J connectivity index is 1.72. The molecule has 0 aliphatic heterocycles. The third-order valence-electron chi connectivity index (χ3n) is 5.74. The van der Waals surface area contributed by atoms with Crippen molar-refractivity contribution >= 4 is 11.6 Å². The maximum atomic E-state index is 12.4. The number of imidazole rings is 1. The van der Waals surface area contributed by atoms with Crippen LogP contribution in [0.2, 0.25) is 0 Å². The molecule has 34 heavy (non-hydrogen) atoms. The molecule has 0 saturated carbocycles. The standard InChI is InChI=1S/C28H31N3O3/c1-4-34-24-7-5-6-22(18-24)23-12-14-26-30-28(21-10-8-20(2)9-11-21)25(31(26)19-23)13-15-27(32)29-16-17-33-3/h5-12,14,18-19H,4,13,15-17H2,1-3H3,(H,29,32). The fourth-order valence-corrected chi connectivity index (χ4v) is 3.99. The Kier molecular flexibility index (Phi) is 7.60. The molecule has 1 N–H and O–H groups in total. The summed E-state index contributed by atoms with van der Waals surface area (Å²) in [6.45, 7) is 5.68. The van der Waals surface area contributed by atoms with Crippen molar-refractivity contribution in [3.63, 3.8) is 0 Å². The van der Waals surface area contributed by atoms with E-state index in [0.717, 1.165) is 39.5 Å². The van der Waals surface area contributed by atoms with Gasteiger partial charge in [0.15, 0.2) is 0 Å². The highest BCUT2D eigenvalue weighted by Crippen LogP contribution is 2.29. The first kappa shape index (κ1) is 23.5. The minimum atomic E-state index is 0.00225. The number of hydrogen-bond donors (Lipinski definition) is 1. The molecule has 0 fully saturated rings. The van der Waals surface area contributed by atoms with Gasteiger partial charge in [-0.2, -0.15) is 0 Å². The van der Waals surface area contributed by atoms with E-state index < -0.39 is 0 Å². The van der Waals surface area contributed by atoms with Crippen molar-refractivity contribution in [2.45, 2.75) is 26.7 Å². The lowest BCUT2D eigenvalue weighted by molar-refractivity contribution is -0.121. The highest BCUT2D eigenvalue weighted by atomic mass is 16.5. The van der Waals surface area contributed by atoms with E-state index in [-0.39, 0.29) is 5.91 Å². The molecule has 2 aromatic heterocycles. The summed E-state index contributed by atoms with van der Waals surface area (Å²) in [5.74, 6) is 0.849. The van der Waals surface area contributed by atoms with Gasteiger partial charge < -0.3 is 19.2 Å². The number of rotatable bonds is 10. The molecule has 176 valence electrons. The summed E-state index contributed by atoms with van der Waals surface area (Å²) in [5.41, 5.74) is 7.16. The van der Waals surface area contributed by atoms with Gasteiger partial charge in [-0.05, 0) is 55.7 Å². The Morgan fingerprint density at radius 2 is 1.82 bits per heavy atom. The Bertz CT molecular complexity index is 1260. The van der Waals surface area contributed by atoms with Crippen LogP contribution in [0, 0.1) is 6.92 Å². The van der Waals surface area contributed by atoms with Gasteiger partial charge in [0.1, 0.15) is 11.4 Å². The van der Waals surface area contributed by atoms with Crippen LogP contribution in [0.3, 0.4) is 0 Å². The molecule has 4 aromatic rings. The van der Waals surface area contributed by atoms with Crippen molar-refractivity contribution in [1.29, 1.82) is 0 Å². The smallest absolute Gasteiger partial charge is 0.220 e. The lowest BCUT2D eigenvalue weighted by Gasteiger charge is -2.09. The summed E-state index contributed by atoms with van der Waals surface area (Å²) >= 11 is 0. The van der Waals surface area contributed by atoms with Gasteiger partial charge in [-0.15, -0.1) is 0 Å². The number of benzene rings is 2. The predicted molar refractivity (Wildman–Crippen MR) is 135 cm³/mol. The first-order valence-corrected chi connectivity index (χ1v) is 11.7. The van der Waals surface area contributed by atoms with Crippen molar-refractivity contribution in [1.82, 2.24) is 14.7 Å². The van der Waals surface area contributed by atoms with E-state index in [9.17, 15) is 4.79 Å². The zero-order chi connectivity index (χ0) is 23.9. The van der Waals surface area contributed by atoms with Crippen LogP contribution in [-0.4, -0.2) is 42.2 Å². The molecule has 0 bridgehead atoms. The third-order valence-corrected chi connectivity index (χ3v) is 5.74. The monoisotopic (exact) mass is 457 g/mol. The molecule has 0 aliphatic carbocycles. The Morgan fingerprint density at radius 3 is 2.59 bits per heavy atom. The average Bonchev–Trinajstić information content (AvgIpc) is 3.21. The molecule has 0 unspecified atom stereocenters. The van der Waals surface area contributed by atoms with Crippen LogP contribution in [0.4, 0.5) is 0 Å². The maximum Gasteiger partial charge on any atom is 0.220 e. The largest absolute Gasteiger partial charge is 0.494 e. The predicted octanol–water partition coefficient (Wildman–Crippen LogP) is 5.07. The molecule has 0 saturated heterocycles. The van der Waals surface area contributed by atoms with Crippen LogP contribution >= 0.6 is 0 Å². The second-order valence-electron chi connectivity index (χ2n) is 8.22. The number of nitrogens with zero attached hydrogens (tertiary/aromatic N) is 2. The van der Waals surface area contributed by atoms with E-state index in [1.54, 1.807) is 7.11 Å². The Labute approximate surface area is 200 Å². The second kappa shape index (κ2) is 11.0. The second-order valence-corrected chi connectivity index (χ2v) is 8.22. The van der Waals surface area contributed by atoms with Gasteiger partial charge in [-0.3, -0.25) is 4.79 Å². The molecule has 0 aliphatic rings. The average molecular weight is 458 g/mol. The van der Waals surface area contributed by atoms with E-state index in [1.807, 2.05) is 31.2 Å². The molecule has 6 nitrogen and oxygen atoms in total. The SMILES string of the molecule is CCOc1cccc(-c2ccc3nc(-c4ccc(C)cc4)c(CCC(=O)NCCOC)n3c2)c1. The molecule has 0 spiro atoms. The highest BCUT2D eigenvalue weighted by Gasteiger charge is 2.16. The highest BCUT2D eigenvalue weighted by molar-refractivity contribution is 5.77. The number of nitrogens with one attached hydrogen (secondary N) is 1. The van der Waals surface area contributed by atoms with Crippen LogP contribution in [0.5, 0.6) is 5.75 Å². The van der Waals surface area contributed by atoms with Crippen LogP contribution < -0.4 is 10.1 Å². The number of carbonyl (C=O) groups is 1. The summed E-state index contributed by atoms with van der Waals surface area (Å²) in [4.78, 5) is 17.4. The third kappa shape index (κ3) is 5.46. The molecule has 0 atom stereocenters. The molecule has 1 amide bonds. The number of amides is 1. The van der Waals surface area contributed by atoms with Crippen LogP contribution in [0.25, 0.3) is 28.0 Å². The maximum absolute atomic E-state index is 12.4. The zero-order valence-corrected chi connectivity index (χ0v) is 20.0. The van der Waals surface area contributed by atoms with E-state index in [1.165, 1.54) is 5.56 Å². The van der Waals surface area contributed by atoms with Crippen LogP contribution in [-0.2, 0) is 16.0 Å². The Morgan fingerprint density at radius 1 is 1.03 bits per heavy atom. The topological polar surface area (TPSA) is 64.9 Å². The molecular formula is C28H31N3O3. The summed E-state index contributed by atoms with van der Waals surface area (Å²) in [7, 11) is 1.63. The summed E-state index contributed by atoms with van der Waals surface area (Å²) in [5, 5.41) is 2.91. The fraction of sp³-hybridized carbons (Fsp3) is 0.286. The molecule has 6 heteroatoms. The Hall–Kier alpha value is -3.64. The quantitative estimate of drug-likeness (QED) is 0.338. The van der Waals surface area contributed by atoms with E-state index in [2.05, 4.69) is 59.2 Å². The first-order chi connectivity index (χ1) is 16.6. The van der Waals surface area contributed by atoms with Gasteiger partial charge in [-0.1, -0.05) is 42.0 Å². The van der Waals surface area contributed by atoms with Gasteiger partial charge in [-0.25, -0.2) is 4.98 Å². The lowest BCUT2D eigenvalue weighted by Crippen LogP contribution is -2.27. The minimum absolute atomic E-state index is 0.00225. The summed E-state index contributed by atoms with van der Waals surface area (Å²) in [6, 6.07) is 20.5. The van der Waals surface area contributed by atoms with Crippen molar-refractivity contribution < 1.29 is 14.3 Å². The summed E-state index contributed by atoms with van der Waals surface area (Å²) in [6.07, 6.45) is 3.05. The van der Waals surface area contributed by atoms with Gasteiger partial charge >= 0.3 is 0 Å². The number of aromatic nitrogens is 2. The normalized spacial score (nSPS) is 11.0. The van der Waals surface area contributed by atoms with Crippen molar-refractivity contribution in [3.05, 3.63) is 78.1 Å². The van der Waals surface area contributed by atoms with Gasteiger partial charge in [0.2, 0.25) is 5.91 Å². The number of hydrogen-bond acceptors (Lipinski definition) is 4. The molecule has 2 aromatic carbocycles. The van der Waals surface area contributed by atoms with Gasteiger partial charge in [0.05, 0.1) is 24.6 Å². The molecule has 4 rings (SSSR count). The van der Waals surface area contributed by atoms with Crippen molar-refractivity contribution in [2.75, 3.05) is 26.9 Å². The molecule has 0 radical (unpaired) electrons. The van der Waals surface area contributed by atoms with E-state index >= 15 is 0 Å². The molecular weight excluding hydrogens is 426 g/mol. The van der Waals surface area contributed by atoms with Gasteiger partial charge in [0, 0.05) is 31.8 Å². The molecule has 2 heterocycles.